The fourth-order valence-corrected chi connectivity index (χ4v) is 3.28. The third-order valence-electron chi connectivity index (χ3n) is 4.73. The standard InChI is InChI=1S/C17H15F6N5O3/c1-8(28(16(30)31)12-6-10(19)9(18)5-11(12)20)4-14(29)26-2-3-27-13(7-26)24-25-15(27)17(21,22)23/h5-6,8H,2-4,7H2,1H3,(H,30,31). The van der Waals surface area contributed by atoms with Crippen molar-refractivity contribution in [3.8, 4) is 0 Å². The van der Waals surface area contributed by atoms with Crippen LogP contribution in [0.25, 0.3) is 0 Å². The van der Waals surface area contributed by atoms with Crippen molar-refractivity contribution in [1.29, 1.82) is 0 Å². The largest absolute Gasteiger partial charge is 0.465 e. The van der Waals surface area contributed by atoms with Crippen LogP contribution in [0.2, 0.25) is 0 Å². The van der Waals surface area contributed by atoms with E-state index in [0.717, 1.165) is 9.47 Å². The molecule has 1 aromatic carbocycles. The van der Waals surface area contributed by atoms with Crippen molar-refractivity contribution in [2.24, 2.45) is 0 Å². The monoisotopic (exact) mass is 451 g/mol. The van der Waals surface area contributed by atoms with Gasteiger partial charge in [-0.2, -0.15) is 13.2 Å². The third-order valence-corrected chi connectivity index (χ3v) is 4.73. The molecule has 0 saturated heterocycles. The van der Waals surface area contributed by atoms with Crippen LogP contribution in [0.1, 0.15) is 25.0 Å². The van der Waals surface area contributed by atoms with Gasteiger partial charge in [0.1, 0.15) is 5.82 Å². The van der Waals surface area contributed by atoms with Gasteiger partial charge in [-0.05, 0) is 6.92 Å². The highest BCUT2D eigenvalue weighted by Gasteiger charge is 2.40. The summed E-state index contributed by atoms with van der Waals surface area (Å²) in [4.78, 5) is 25.7. The Morgan fingerprint density at radius 2 is 1.77 bits per heavy atom. The molecule has 0 saturated carbocycles. The number of nitrogens with zero attached hydrogens (tertiary/aromatic N) is 5. The van der Waals surface area contributed by atoms with Gasteiger partial charge in [-0.25, -0.2) is 18.0 Å². The molecule has 31 heavy (non-hydrogen) atoms. The Balaban J connectivity index is 1.76. The van der Waals surface area contributed by atoms with Crippen LogP contribution in [0, 0.1) is 17.5 Å². The van der Waals surface area contributed by atoms with Gasteiger partial charge in [-0.1, -0.05) is 0 Å². The van der Waals surface area contributed by atoms with E-state index >= 15 is 0 Å². The zero-order chi connectivity index (χ0) is 23.1. The minimum Gasteiger partial charge on any atom is -0.465 e. The number of aromatic nitrogens is 3. The normalized spacial score (nSPS) is 14.9. The first-order valence-corrected chi connectivity index (χ1v) is 8.84. The summed E-state index contributed by atoms with van der Waals surface area (Å²) >= 11 is 0. The minimum absolute atomic E-state index is 0.0960. The lowest BCUT2D eigenvalue weighted by Crippen LogP contribution is -2.45. The van der Waals surface area contributed by atoms with E-state index < -0.39 is 59.6 Å². The number of benzene rings is 1. The molecule has 1 aromatic heterocycles. The number of carbonyl (C=O) groups is 2. The van der Waals surface area contributed by atoms with Gasteiger partial charge in [-0.15, -0.1) is 10.2 Å². The molecular weight excluding hydrogens is 436 g/mol. The molecule has 14 heteroatoms. The summed E-state index contributed by atoms with van der Waals surface area (Å²) in [6.45, 7) is 0.617. The number of alkyl halides is 3. The predicted molar refractivity (Wildman–Crippen MR) is 91.3 cm³/mol. The zero-order valence-electron chi connectivity index (χ0n) is 15.8. The topological polar surface area (TPSA) is 91.6 Å². The molecule has 1 unspecified atom stereocenters. The molecule has 3 rings (SSSR count). The number of rotatable bonds is 4. The Morgan fingerprint density at radius 3 is 2.39 bits per heavy atom. The molecule has 2 heterocycles. The van der Waals surface area contributed by atoms with Crippen LogP contribution >= 0.6 is 0 Å². The number of hydrogen-bond donors (Lipinski definition) is 1. The van der Waals surface area contributed by atoms with Gasteiger partial charge in [0, 0.05) is 37.7 Å². The SMILES string of the molecule is CC(CC(=O)N1CCn2c(nnc2C(F)(F)F)C1)N(C(=O)O)c1cc(F)c(F)cc1F. The highest BCUT2D eigenvalue weighted by molar-refractivity contribution is 5.88. The Morgan fingerprint density at radius 1 is 1.13 bits per heavy atom. The van der Waals surface area contributed by atoms with E-state index in [9.17, 15) is 41.0 Å². The van der Waals surface area contributed by atoms with Crippen LogP contribution in [-0.2, 0) is 24.1 Å². The Hall–Kier alpha value is -3.32. The minimum atomic E-state index is -4.71. The molecular formula is C17H15F6N5O3. The maximum absolute atomic E-state index is 14.0. The molecule has 0 fully saturated rings. The third kappa shape index (κ3) is 4.41. The van der Waals surface area contributed by atoms with Crippen molar-refractivity contribution in [3.63, 3.8) is 0 Å². The summed E-state index contributed by atoms with van der Waals surface area (Å²) in [5.74, 6) is -6.26. The second-order valence-corrected chi connectivity index (χ2v) is 6.83. The fraction of sp³-hybridized carbons (Fsp3) is 0.412. The van der Waals surface area contributed by atoms with Crippen LogP contribution in [0.15, 0.2) is 12.1 Å². The molecule has 1 aliphatic heterocycles. The zero-order valence-corrected chi connectivity index (χ0v) is 15.8. The van der Waals surface area contributed by atoms with Crippen LogP contribution in [0.5, 0.6) is 0 Å². The Kier molecular flexibility index (Phi) is 5.83. The number of carbonyl (C=O) groups excluding carboxylic acids is 1. The van der Waals surface area contributed by atoms with Crippen molar-refractivity contribution in [2.75, 3.05) is 11.4 Å². The summed E-state index contributed by atoms with van der Waals surface area (Å²) in [5.41, 5.74) is -0.778. The maximum Gasteiger partial charge on any atom is 0.451 e. The quantitative estimate of drug-likeness (QED) is 0.570. The Bertz CT molecular complexity index is 1020. The van der Waals surface area contributed by atoms with Crippen molar-refractivity contribution < 1.29 is 41.0 Å². The first kappa shape index (κ1) is 22.4. The van der Waals surface area contributed by atoms with E-state index in [4.69, 9.17) is 0 Å². The van der Waals surface area contributed by atoms with Crippen molar-refractivity contribution in [1.82, 2.24) is 19.7 Å². The van der Waals surface area contributed by atoms with Crippen molar-refractivity contribution >= 4 is 17.7 Å². The molecule has 0 aliphatic carbocycles. The van der Waals surface area contributed by atoms with Crippen molar-refractivity contribution in [3.05, 3.63) is 41.2 Å². The molecule has 0 spiro atoms. The molecule has 1 N–H and O–H groups in total. The molecule has 168 valence electrons. The second kappa shape index (κ2) is 8.07. The summed E-state index contributed by atoms with van der Waals surface area (Å²) in [7, 11) is 0. The lowest BCUT2D eigenvalue weighted by Gasteiger charge is -2.31. The van der Waals surface area contributed by atoms with E-state index in [1.165, 1.54) is 6.92 Å². The highest BCUT2D eigenvalue weighted by atomic mass is 19.4. The van der Waals surface area contributed by atoms with Gasteiger partial charge in [-0.3, -0.25) is 9.69 Å². The van der Waals surface area contributed by atoms with Gasteiger partial charge in [0.25, 0.3) is 0 Å². The first-order chi connectivity index (χ1) is 14.4. The van der Waals surface area contributed by atoms with Gasteiger partial charge in [0.2, 0.25) is 11.7 Å². The molecule has 0 radical (unpaired) electrons. The molecule has 2 aromatic rings. The van der Waals surface area contributed by atoms with Gasteiger partial charge in [0.05, 0.1) is 12.2 Å². The van der Waals surface area contributed by atoms with E-state index in [1.54, 1.807) is 0 Å². The molecule has 1 aliphatic rings. The van der Waals surface area contributed by atoms with Crippen LogP contribution in [0.4, 0.5) is 36.8 Å². The van der Waals surface area contributed by atoms with Crippen LogP contribution in [0.3, 0.4) is 0 Å². The number of fused-ring (bicyclic) bond motifs is 1. The van der Waals surface area contributed by atoms with Crippen LogP contribution in [-0.4, -0.2) is 49.4 Å². The number of anilines is 1. The van der Waals surface area contributed by atoms with E-state index in [0.29, 0.717) is 11.0 Å². The summed E-state index contributed by atoms with van der Waals surface area (Å²) in [5, 5.41) is 15.9. The number of carboxylic acid groups (broad SMARTS) is 1. The van der Waals surface area contributed by atoms with Crippen molar-refractivity contribution in [2.45, 2.75) is 38.7 Å². The number of amides is 2. The summed E-state index contributed by atoms with van der Waals surface area (Å²) < 4.78 is 80.2. The lowest BCUT2D eigenvalue weighted by molar-refractivity contribution is -0.148. The smallest absolute Gasteiger partial charge is 0.451 e. The van der Waals surface area contributed by atoms with Crippen LogP contribution < -0.4 is 4.90 Å². The van der Waals surface area contributed by atoms with E-state index in [1.807, 2.05) is 0 Å². The van der Waals surface area contributed by atoms with E-state index in [2.05, 4.69) is 10.2 Å². The predicted octanol–water partition coefficient (Wildman–Crippen LogP) is 3.02. The van der Waals surface area contributed by atoms with E-state index in [-0.39, 0.29) is 31.5 Å². The first-order valence-electron chi connectivity index (χ1n) is 8.84. The average Bonchev–Trinajstić information content (AvgIpc) is 3.09. The van der Waals surface area contributed by atoms with Gasteiger partial charge < -0.3 is 14.6 Å². The van der Waals surface area contributed by atoms with Gasteiger partial charge >= 0.3 is 12.3 Å². The fourth-order valence-electron chi connectivity index (χ4n) is 3.28. The number of hydrogen-bond acceptors (Lipinski definition) is 4. The molecule has 2 amide bonds. The Labute approximate surface area is 170 Å². The maximum atomic E-state index is 14.0. The summed E-state index contributed by atoms with van der Waals surface area (Å²) in [6.07, 6.45) is -6.91. The lowest BCUT2D eigenvalue weighted by atomic mass is 10.1. The molecule has 0 bridgehead atoms. The van der Waals surface area contributed by atoms with Gasteiger partial charge in [0.15, 0.2) is 17.5 Å². The highest BCUT2D eigenvalue weighted by Crippen LogP contribution is 2.30. The average molecular weight is 451 g/mol. The second-order valence-electron chi connectivity index (χ2n) is 6.83. The molecule has 1 atom stereocenters. The summed E-state index contributed by atoms with van der Waals surface area (Å²) in [6, 6.07) is -0.651. The number of halogens is 6. The molecule has 8 nitrogen and oxygen atoms in total.